The molecule has 732 valence electrons. The first-order chi connectivity index (χ1) is 64.8. The number of imidazole rings is 1. The number of ketones is 3. The third-order valence-corrected chi connectivity index (χ3v) is 24.4. The highest BCUT2D eigenvalue weighted by atomic mass is 16.7. The smallest absolute Gasteiger partial charge is 0.306 e. The number of nitrogens with two attached hydrogens (primary N) is 3. The van der Waals surface area contributed by atoms with Gasteiger partial charge in [0.25, 0.3) is 0 Å². The van der Waals surface area contributed by atoms with Crippen LogP contribution >= 0.6 is 0 Å². The Balaban J connectivity index is 0.786. The fraction of sp³-hybridized carbons (Fsp3) is 0.495. The Labute approximate surface area is 779 Å². The molecule has 136 heavy (non-hydrogen) atoms. The van der Waals surface area contributed by atoms with Crippen molar-refractivity contribution < 1.29 is 126 Å². The number of fused-ring (bicyclic) bond motifs is 4. The van der Waals surface area contributed by atoms with Crippen molar-refractivity contribution in [1.82, 2.24) is 78.3 Å². The van der Waals surface area contributed by atoms with E-state index in [1.54, 1.807) is 44.3 Å². The minimum Gasteiger partial charge on any atom is -0.508 e. The summed E-state index contributed by atoms with van der Waals surface area (Å²) in [4.78, 5) is 236. The first-order valence-electron chi connectivity index (χ1n) is 44.9. The van der Waals surface area contributed by atoms with Crippen molar-refractivity contribution in [2.75, 3.05) is 46.5 Å². The molecule has 45 heteroatoms. The molecular weight excluding hydrogens is 1780 g/mol. The van der Waals surface area contributed by atoms with Gasteiger partial charge in [-0.1, -0.05) is 56.3 Å². The molecule has 0 saturated carbocycles. The standard InChI is InChI=1S/C91H117N19O26/c1-44(2)33-57(83(125)104-56(17-11-29-99-90(94)95)89(131)110-32-12-18-62(110)88(130)101-41-66(93)114)105-81(123)54(16-7-8-28-98-68(115)20-10-21-70(117)134-43-65(113)91(132)38-51-73(64(39-91)136-71-36-52(92)76(118)45(3)135-71)80(122)75-74(78(51)120)77(119)50-14-9-19-63(133-4)72(50)79(75)121)103-84(126)58(34-46-22-24-48(112)25-23-46)106-87(129)61(42-111)109-85(127)59(35-47-40-100-53-15-6-5-13-49(47)53)107-86(128)60(37-67-96-30-31-97-67)108-82(124)55-26-27-69(116)102-55/h5-6,9,13-15,19,22-25,30-31,40,44-45,52,54-62,64,71,76,100,111-112,118,120,122,132H,7-8,10-12,16-18,20-21,26-29,32-39,41-43,92H2,1-4H3,(H2,93,114)(H,96,97)(H,98,115)(H,101,130)(H,102,116)(H,103,126)(H,104,125)(H,105,123)(H,106,129)(H,107,128)(H,108,124)(H,109,127)(H4,94,95,99)/t45-,52-,54+,55+,56-,57-,58+,59-,60-,61-,62-,64-,71-,76+,91-/m0/s1. The number of methoxy groups -OCH3 is 1. The number of nitrogens with zero attached hydrogens (tertiary/aromatic N) is 2. The number of carbonyl (C=O) groups is 16. The van der Waals surface area contributed by atoms with Crippen LogP contribution in [0, 0.1) is 11.3 Å². The van der Waals surface area contributed by atoms with Crippen molar-refractivity contribution in [1.29, 1.82) is 5.41 Å². The number of amides is 12. The lowest BCUT2D eigenvalue weighted by Crippen LogP contribution is -2.61. The van der Waals surface area contributed by atoms with Crippen LogP contribution in [0.5, 0.6) is 23.0 Å². The summed E-state index contributed by atoms with van der Waals surface area (Å²) in [6.45, 7) is 2.25. The van der Waals surface area contributed by atoms with Crippen LogP contribution in [0.1, 0.15) is 183 Å². The van der Waals surface area contributed by atoms with E-state index >= 15 is 9.59 Å². The zero-order valence-corrected chi connectivity index (χ0v) is 75.4. The quantitative estimate of drug-likeness (QED) is 0.00603. The molecule has 0 radical (unpaired) electrons. The monoisotopic (exact) mass is 1890 g/mol. The molecule has 6 aromatic rings. The maximum atomic E-state index is 15.3. The van der Waals surface area contributed by atoms with Crippen LogP contribution in [0.3, 0.4) is 0 Å². The van der Waals surface area contributed by atoms with E-state index in [4.69, 9.17) is 41.6 Å². The maximum absolute atomic E-state index is 15.3. The number of hydrogen-bond donors (Lipinski definition) is 23. The van der Waals surface area contributed by atoms with Gasteiger partial charge in [0.05, 0.1) is 55.3 Å². The lowest BCUT2D eigenvalue weighted by atomic mass is 9.72. The number of benzene rings is 4. The summed E-state index contributed by atoms with van der Waals surface area (Å²) in [7, 11) is 1.26. The molecule has 4 aromatic carbocycles. The van der Waals surface area contributed by atoms with E-state index in [9.17, 15) is 97.8 Å². The number of aromatic amines is 2. The normalized spacial score (nSPS) is 20.3. The Bertz CT molecular complexity index is 5450. The van der Waals surface area contributed by atoms with Gasteiger partial charge in [-0.05, 0) is 112 Å². The summed E-state index contributed by atoms with van der Waals surface area (Å²) in [5.74, 6) is -16.3. The lowest BCUT2D eigenvalue weighted by molar-refractivity contribution is -0.247. The minimum atomic E-state index is -2.58. The summed E-state index contributed by atoms with van der Waals surface area (Å²) in [5, 5.41) is 106. The van der Waals surface area contributed by atoms with Gasteiger partial charge in [-0.3, -0.25) is 82.1 Å². The van der Waals surface area contributed by atoms with E-state index in [-0.39, 0.29) is 167 Å². The largest absolute Gasteiger partial charge is 0.508 e. The molecule has 3 saturated heterocycles. The fourth-order valence-electron chi connectivity index (χ4n) is 17.2. The van der Waals surface area contributed by atoms with Crippen molar-refractivity contribution in [2.24, 2.45) is 23.1 Å². The predicted molar refractivity (Wildman–Crippen MR) is 480 cm³/mol. The number of esters is 1. The van der Waals surface area contributed by atoms with Gasteiger partial charge >= 0.3 is 5.97 Å². The van der Waals surface area contributed by atoms with Gasteiger partial charge in [0, 0.05) is 130 Å². The third-order valence-electron chi connectivity index (χ3n) is 24.4. The highest BCUT2D eigenvalue weighted by molar-refractivity contribution is 6.31. The van der Waals surface area contributed by atoms with Crippen molar-refractivity contribution in [3.8, 4) is 23.0 Å². The fourth-order valence-corrected chi connectivity index (χ4v) is 17.2. The van der Waals surface area contributed by atoms with E-state index in [1.165, 1.54) is 73.8 Å². The van der Waals surface area contributed by atoms with Gasteiger partial charge in [-0.15, -0.1) is 0 Å². The number of unbranched alkanes of at least 4 members (excludes halogenated alkanes) is 1. The molecule has 2 aromatic heterocycles. The molecular formula is C91H117N19O26. The molecule has 26 N–H and O–H groups in total. The van der Waals surface area contributed by atoms with Crippen LogP contribution in [-0.4, -0.2) is 282 Å². The number of aliphatic hydroxyl groups is 3. The van der Waals surface area contributed by atoms with Crippen molar-refractivity contribution in [2.45, 2.75) is 233 Å². The number of aliphatic hydroxyl groups excluding tert-OH is 2. The Hall–Kier alpha value is -14.0. The van der Waals surface area contributed by atoms with E-state index in [0.717, 1.165) is 0 Å². The molecule has 0 spiro atoms. The molecule has 3 aliphatic heterocycles. The second-order valence-electron chi connectivity index (χ2n) is 34.8. The molecule has 45 nitrogen and oxygen atoms in total. The second-order valence-corrected chi connectivity index (χ2v) is 34.8. The number of phenolic OH excluding ortho intramolecular Hbond substituents is 3. The van der Waals surface area contributed by atoms with E-state index in [0.29, 0.717) is 28.5 Å². The number of hydrogen-bond acceptors (Lipinski definition) is 29. The number of phenols is 3. The topological polar surface area (TPSA) is 713 Å². The Kier molecular flexibility index (Phi) is 35.2. The number of aromatic hydroxyl groups is 3. The first kappa shape index (κ1) is 102. The predicted octanol–water partition coefficient (Wildman–Crippen LogP) is -2.79. The Morgan fingerprint density at radius 2 is 1.34 bits per heavy atom. The van der Waals surface area contributed by atoms with Crippen LogP contribution in [0.25, 0.3) is 10.9 Å². The van der Waals surface area contributed by atoms with Crippen LogP contribution < -0.4 is 80.4 Å². The van der Waals surface area contributed by atoms with E-state index < -0.39 is 247 Å². The summed E-state index contributed by atoms with van der Waals surface area (Å²) < 4.78 is 22.9. The van der Waals surface area contributed by atoms with E-state index in [1.807, 2.05) is 0 Å². The number of carbonyl (C=O) groups excluding carboxylic acids is 16. The number of likely N-dealkylation sites (tertiary alicyclic amines) is 1. The number of H-pyrrole nitrogens is 2. The molecule has 3 fully saturated rings. The van der Waals surface area contributed by atoms with Crippen LogP contribution in [-0.2, 0) is 107 Å². The highest BCUT2D eigenvalue weighted by Crippen LogP contribution is 2.53. The van der Waals surface area contributed by atoms with E-state index in [2.05, 4.69) is 73.4 Å². The average Bonchev–Trinajstić information content (AvgIpc) is 0.863. The maximum Gasteiger partial charge on any atom is 0.306 e. The summed E-state index contributed by atoms with van der Waals surface area (Å²) in [6, 6.07) is 2.45. The molecule has 2 aliphatic carbocycles. The molecule has 5 heterocycles. The van der Waals surface area contributed by atoms with Gasteiger partial charge in [0.2, 0.25) is 82.5 Å². The van der Waals surface area contributed by atoms with Crippen LogP contribution in [0.4, 0.5) is 0 Å². The Morgan fingerprint density at radius 3 is 2.01 bits per heavy atom. The van der Waals surface area contributed by atoms with Gasteiger partial charge in [0.15, 0.2) is 24.6 Å². The summed E-state index contributed by atoms with van der Waals surface area (Å²) in [5.41, 5.74) is 13.7. The summed E-state index contributed by atoms with van der Waals surface area (Å²) >= 11 is 0. The zero-order valence-electron chi connectivity index (χ0n) is 75.4. The second kappa shape index (κ2) is 46.8. The lowest BCUT2D eigenvalue weighted by Gasteiger charge is -2.42. The molecule has 5 aliphatic rings. The number of para-hydroxylation sites is 1. The Morgan fingerprint density at radius 1 is 0.691 bits per heavy atom. The highest BCUT2D eigenvalue weighted by Gasteiger charge is 2.52. The van der Waals surface area contributed by atoms with Crippen LogP contribution in [0.2, 0.25) is 0 Å². The van der Waals surface area contributed by atoms with Gasteiger partial charge in [-0.2, -0.15) is 0 Å². The zero-order chi connectivity index (χ0) is 98.5. The SMILES string of the molecule is COc1cccc2c1C(=O)c1c(O)c3c(c(O)c1C2=O)C[C@@](O)(C(=O)COC(=O)CCCC(=O)NCCCC[C@@H](NC(=O)[C@@H](Cc1ccc(O)cc1)NC(=O)[C@H](CO)NC(=O)[C@H](Cc1c[nH]c2ccccc12)NC(=O)[C@H](Cc1ncc[nH]1)NC(=O)[C@H]1CCC(=O)N1)C(=O)N[C@@H](CC(C)C)C(=O)N[C@@H](CCCNC(=N)N)C(=O)N1CCC[C@H]1C(=O)NCC(N)=O)C[C@@H]3O[C@H]1C[C@H](N)[C@H](O)[C@H](C)O1. The van der Waals surface area contributed by atoms with Crippen molar-refractivity contribution in [3.05, 3.63) is 136 Å². The van der Waals surface area contributed by atoms with Gasteiger partial charge < -0.3 is 140 Å². The van der Waals surface area contributed by atoms with Crippen molar-refractivity contribution in [3.63, 3.8) is 0 Å². The number of Topliss-reactive ketones (excluding diaryl/α,β-unsaturated/α-hetero) is 1. The number of aromatic nitrogens is 3. The third kappa shape index (κ3) is 26.1. The minimum absolute atomic E-state index is 0.00484. The molecule has 11 rings (SSSR count). The van der Waals surface area contributed by atoms with Gasteiger partial charge in [0.1, 0.15) is 88.8 Å². The van der Waals surface area contributed by atoms with Gasteiger partial charge in [-0.25, -0.2) is 4.98 Å². The molecule has 0 unspecified atom stereocenters. The van der Waals surface area contributed by atoms with Crippen LogP contribution in [0.15, 0.2) is 85.3 Å². The molecule has 12 amide bonds. The van der Waals surface area contributed by atoms with Crippen molar-refractivity contribution >= 4 is 111 Å². The first-order valence-corrected chi connectivity index (χ1v) is 44.9. The number of primary amides is 1. The average molecular weight is 1890 g/mol. The number of rotatable bonds is 46. The molecule has 15 atom stereocenters. The summed E-state index contributed by atoms with van der Waals surface area (Å²) in [6.07, 6.45) is -3.50. The molecule has 0 bridgehead atoms. The number of guanidine groups is 1. The number of nitrogens with one attached hydrogen (secondary N) is 14. The number of ether oxygens (including phenoxy) is 4.